The summed E-state index contributed by atoms with van der Waals surface area (Å²) in [5.74, 6) is 0.178. The van der Waals surface area contributed by atoms with E-state index in [1.54, 1.807) is 25.3 Å². The predicted octanol–water partition coefficient (Wildman–Crippen LogP) is 2.47. The second-order valence-electron chi connectivity index (χ2n) is 4.50. The molecule has 2 aromatic carbocycles. The lowest BCUT2D eigenvalue weighted by atomic mass is 10.1. The molecule has 0 aliphatic rings. The Bertz CT molecular complexity index is 681. The first kappa shape index (κ1) is 14.6. The molecule has 0 heterocycles. The summed E-state index contributed by atoms with van der Waals surface area (Å²) in [6.07, 6.45) is 1.51. The zero-order valence-electron chi connectivity index (χ0n) is 11.8. The Morgan fingerprint density at radius 2 is 2.10 bits per heavy atom. The Hall–Kier alpha value is -2.82. The average molecular weight is 284 g/mol. The van der Waals surface area contributed by atoms with Crippen molar-refractivity contribution in [3.8, 4) is 11.5 Å². The molecule has 0 aliphatic heterocycles. The maximum absolute atomic E-state index is 11.9. The van der Waals surface area contributed by atoms with E-state index in [0.29, 0.717) is 5.75 Å². The number of hydrogen-bond acceptors (Lipinski definition) is 4. The number of rotatable bonds is 4. The van der Waals surface area contributed by atoms with Gasteiger partial charge in [0.1, 0.15) is 11.5 Å². The first-order valence-corrected chi connectivity index (χ1v) is 6.37. The number of methoxy groups -OCH3 is 1. The van der Waals surface area contributed by atoms with Gasteiger partial charge in [0.15, 0.2) is 0 Å². The minimum absolute atomic E-state index is 0.0657. The number of aromatic hydroxyl groups is 1. The molecule has 0 spiro atoms. The van der Waals surface area contributed by atoms with Crippen molar-refractivity contribution in [3.05, 3.63) is 59.2 Å². The Labute approximate surface area is 122 Å². The number of phenolic OH excluding ortho intramolecular Hbond substituents is 1. The standard InChI is InChI=1S/C16H16N2O3/c1-11-6-7-14(15(19)8-11)16(20)18-17-10-12-4-3-5-13(9-12)21-2/h3-10,19H,1-2H3,(H,18,20)/b17-10+. The van der Waals surface area contributed by atoms with Gasteiger partial charge in [-0.15, -0.1) is 0 Å². The van der Waals surface area contributed by atoms with Crippen LogP contribution in [0.5, 0.6) is 11.5 Å². The molecule has 5 heteroatoms. The Balaban J connectivity index is 2.04. The number of amides is 1. The van der Waals surface area contributed by atoms with Crippen LogP contribution in [0.25, 0.3) is 0 Å². The Morgan fingerprint density at radius 3 is 2.81 bits per heavy atom. The van der Waals surface area contributed by atoms with Crippen molar-refractivity contribution in [2.45, 2.75) is 6.92 Å². The van der Waals surface area contributed by atoms with Gasteiger partial charge in [-0.25, -0.2) is 5.43 Å². The molecular weight excluding hydrogens is 268 g/mol. The number of hydrogen-bond donors (Lipinski definition) is 2. The minimum atomic E-state index is -0.466. The number of hydrazone groups is 1. The fourth-order valence-corrected chi connectivity index (χ4v) is 1.78. The maximum Gasteiger partial charge on any atom is 0.275 e. The zero-order chi connectivity index (χ0) is 15.2. The van der Waals surface area contributed by atoms with Gasteiger partial charge in [-0.3, -0.25) is 4.79 Å². The van der Waals surface area contributed by atoms with Crippen molar-refractivity contribution >= 4 is 12.1 Å². The summed E-state index contributed by atoms with van der Waals surface area (Å²) < 4.78 is 5.10. The smallest absolute Gasteiger partial charge is 0.275 e. The summed E-state index contributed by atoms with van der Waals surface area (Å²) in [6, 6.07) is 12.1. The molecule has 0 unspecified atom stereocenters. The van der Waals surface area contributed by atoms with Crippen LogP contribution in [0, 0.1) is 6.92 Å². The van der Waals surface area contributed by atoms with Crippen LogP contribution in [0.1, 0.15) is 21.5 Å². The first-order valence-electron chi connectivity index (χ1n) is 6.37. The molecule has 2 N–H and O–H groups in total. The molecule has 0 fully saturated rings. The number of carbonyl (C=O) groups is 1. The number of phenols is 1. The molecule has 0 saturated heterocycles. The van der Waals surface area contributed by atoms with E-state index in [2.05, 4.69) is 10.5 Å². The van der Waals surface area contributed by atoms with Gasteiger partial charge in [0.05, 0.1) is 18.9 Å². The highest BCUT2D eigenvalue weighted by Gasteiger charge is 2.09. The minimum Gasteiger partial charge on any atom is -0.507 e. The summed E-state index contributed by atoms with van der Waals surface area (Å²) in [6.45, 7) is 1.84. The van der Waals surface area contributed by atoms with E-state index in [-0.39, 0.29) is 11.3 Å². The van der Waals surface area contributed by atoms with E-state index in [1.165, 1.54) is 12.3 Å². The second kappa shape index (κ2) is 6.56. The van der Waals surface area contributed by atoms with Crippen LogP contribution in [0.2, 0.25) is 0 Å². The Morgan fingerprint density at radius 1 is 1.29 bits per heavy atom. The largest absolute Gasteiger partial charge is 0.507 e. The van der Waals surface area contributed by atoms with E-state index in [1.807, 2.05) is 25.1 Å². The molecular formula is C16H16N2O3. The van der Waals surface area contributed by atoms with Gasteiger partial charge in [0, 0.05) is 0 Å². The molecule has 0 bridgehead atoms. The molecule has 1 amide bonds. The van der Waals surface area contributed by atoms with E-state index in [4.69, 9.17) is 4.74 Å². The van der Waals surface area contributed by atoms with E-state index >= 15 is 0 Å². The monoisotopic (exact) mass is 284 g/mol. The van der Waals surface area contributed by atoms with E-state index in [9.17, 15) is 9.90 Å². The lowest BCUT2D eigenvalue weighted by molar-refractivity contribution is 0.0952. The van der Waals surface area contributed by atoms with Crippen LogP contribution in [-0.4, -0.2) is 24.3 Å². The molecule has 2 rings (SSSR count). The molecule has 0 aromatic heterocycles. The normalized spacial score (nSPS) is 10.6. The van der Waals surface area contributed by atoms with Crippen LogP contribution in [0.4, 0.5) is 0 Å². The molecule has 0 aliphatic carbocycles. The molecule has 0 saturated carbocycles. The van der Waals surface area contributed by atoms with Crippen molar-refractivity contribution in [1.29, 1.82) is 0 Å². The van der Waals surface area contributed by atoms with Crippen molar-refractivity contribution in [1.82, 2.24) is 5.43 Å². The van der Waals surface area contributed by atoms with E-state index in [0.717, 1.165) is 11.1 Å². The van der Waals surface area contributed by atoms with Crippen LogP contribution in [0.15, 0.2) is 47.6 Å². The summed E-state index contributed by atoms with van der Waals surface area (Å²) in [4.78, 5) is 11.9. The van der Waals surface area contributed by atoms with Crippen LogP contribution in [-0.2, 0) is 0 Å². The van der Waals surface area contributed by atoms with Gasteiger partial charge in [0.2, 0.25) is 0 Å². The van der Waals surface area contributed by atoms with Crippen LogP contribution in [0.3, 0.4) is 0 Å². The lowest BCUT2D eigenvalue weighted by Gasteiger charge is -2.04. The summed E-state index contributed by atoms with van der Waals surface area (Å²) >= 11 is 0. The van der Waals surface area contributed by atoms with Gasteiger partial charge in [-0.05, 0) is 42.3 Å². The molecule has 0 atom stereocenters. The molecule has 0 radical (unpaired) electrons. The topological polar surface area (TPSA) is 70.9 Å². The predicted molar refractivity (Wildman–Crippen MR) is 80.9 cm³/mol. The molecule has 2 aromatic rings. The quantitative estimate of drug-likeness (QED) is 0.669. The summed E-state index contributed by atoms with van der Waals surface area (Å²) in [5, 5.41) is 13.6. The van der Waals surface area contributed by atoms with Gasteiger partial charge < -0.3 is 9.84 Å². The highest BCUT2D eigenvalue weighted by molar-refractivity contribution is 5.97. The van der Waals surface area contributed by atoms with Crippen LogP contribution >= 0.6 is 0 Å². The van der Waals surface area contributed by atoms with E-state index < -0.39 is 5.91 Å². The number of aryl methyl sites for hydroxylation is 1. The van der Waals surface area contributed by atoms with Gasteiger partial charge in [-0.2, -0.15) is 5.10 Å². The van der Waals surface area contributed by atoms with Crippen molar-refractivity contribution in [3.63, 3.8) is 0 Å². The average Bonchev–Trinajstić information content (AvgIpc) is 2.47. The van der Waals surface area contributed by atoms with Gasteiger partial charge in [0.25, 0.3) is 5.91 Å². The fraction of sp³-hybridized carbons (Fsp3) is 0.125. The number of nitrogens with one attached hydrogen (secondary N) is 1. The summed E-state index contributed by atoms with van der Waals surface area (Å²) in [7, 11) is 1.58. The maximum atomic E-state index is 11.9. The first-order chi connectivity index (χ1) is 10.1. The fourth-order valence-electron chi connectivity index (χ4n) is 1.78. The number of benzene rings is 2. The van der Waals surface area contributed by atoms with Crippen molar-refractivity contribution < 1.29 is 14.6 Å². The molecule has 5 nitrogen and oxygen atoms in total. The van der Waals surface area contributed by atoms with Crippen molar-refractivity contribution in [2.75, 3.05) is 7.11 Å². The SMILES string of the molecule is COc1cccc(/C=N/NC(=O)c2ccc(C)cc2O)c1. The Kier molecular flexibility index (Phi) is 4.56. The highest BCUT2D eigenvalue weighted by Crippen LogP contribution is 2.18. The van der Waals surface area contributed by atoms with Crippen LogP contribution < -0.4 is 10.2 Å². The number of nitrogens with zero attached hydrogens (tertiary/aromatic N) is 1. The number of ether oxygens (including phenoxy) is 1. The second-order valence-corrected chi connectivity index (χ2v) is 4.50. The highest BCUT2D eigenvalue weighted by atomic mass is 16.5. The number of carbonyl (C=O) groups excluding carboxylic acids is 1. The third kappa shape index (κ3) is 3.82. The zero-order valence-corrected chi connectivity index (χ0v) is 11.8. The summed E-state index contributed by atoms with van der Waals surface area (Å²) in [5.41, 5.74) is 4.23. The lowest BCUT2D eigenvalue weighted by Crippen LogP contribution is -2.17. The van der Waals surface area contributed by atoms with Crippen molar-refractivity contribution in [2.24, 2.45) is 5.10 Å². The molecule has 21 heavy (non-hydrogen) atoms. The third-order valence-electron chi connectivity index (χ3n) is 2.87. The van der Waals surface area contributed by atoms with Gasteiger partial charge >= 0.3 is 0 Å². The third-order valence-corrected chi connectivity index (χ3v) is 2.87. The molecule has 108 valence electrons. The van der Waals surface area contributed by atoms with Gasteiger partial charge in [-0.1, -0.05) is 18.2 Å².